The molecule has 1 aromatic carbocycles. The molecule has 0 aliphatic carbocycles. The maximum absolute atomic E-state index is 13.0. The molecule has 0 saturated carbocycles. The first-order chi connectivity index (χ1) is 14.7. The number of benzene rings is 1. The van der Waals surface area contributed by atoms with Gasteiger partial charge in [-0.15, -0.1) is 0 Å². The van der Waals surface area contributed by atoms with Crippen LogP contribution in [0.4, 0.5) is 0 Å². The van der Waals surface area contributed by atoms with Crippen molar-refractivity contribution >= 4 is 17.4 Å². The van der Waals surface area contributed by atoms with Gasteiger partial charge in [-0.05, 0) is 70.3 Å². The van der Waals surface area contributed by atoms with Crippen molar-refractivity contribution in [3.8, 4) is 5.75 Å². The summed E-state index contributed by atoms with van der Waals surface area (Å²) in [6.45, 7) is 6.70. The number of ether oxygens (including phenoxy) is 1. The molecule has 3 rings (SSSR count). The van der Waals surface area contributed by atoms with Crippen LogP contribution in [0.25, 0.3) is 5.76 Å². The fraction of sp³-hybridized carbons (Fsp3) is 0.375. The van der Waals surface area contributed by atoms with E-state index < -0.39 is 17.7 Å². The van der Waals surface area contributed by atoms with Crippen LogP contribution in [0.3, 0.4) is 0 Å². The zero-order chi connectivity index (χ0) is 22.7. The fourth-order valence-electron chi connectivity index (χ4n) is 3.64. The maximum Gasteiger partial charge on any atom is 0.295 e. The van der Waals surface area contributed by atoms with Crippen LogP contribution in [0.5, 0.6) is 5.75 Å². The van der Waals surface area contributed by atoms with Crippen LogP contribution in [0.15, 0.2) is 48.3 Å². The van der Waals surface area contributed by atoms with E-state index in [4.69, 9.17) is 4.74 Å². The summed E-state index contributed by atoms with van der Waals surface area (Å²) in [5.74, 6) is -0.792. The van der Waals surface area contributed by atoms with Crippen molar-refractivity contribution in [3.63, 3.8) is 0 Å². The summed E-state index contributed by atoms with van der Waals surface area (Å²) in [7, 11) is 3.80. The topological polar surface area (TPSA) is 83.0 Å². The van der Waals surface area contributed by atoms with Crippen molar-refractivity contribution in [1.82, 2.24) is 14.8 Å². The van der Waals surface area contributed by atoms with Crippen molar-refractivity contribution in [1.29, 1.82) is 0 Å². The molecule has 7 nitrogen and oxygen atoms in total. The number of hydrogen-bond acceptors (Lipinski definition) is 6. The molecule has 1 aliphatic heterocycles. The Hall–Kier alpha value is -3.19. The molecule has 0 spiro atoms. The number of Topliss-reactive ketones (excluding diaryl/α,β-unsaturated/α-hetero) is 1. The smallest absolute Gasteiger partial charge is 0.295 e. The second-order valence-corrected chi connectivity index (χ2v) is 8.23. The molecule has 1 fully saturated rings. The van der Waals surface area contributed by atoms with Crippen LogP contribution in [0.1, 0.15) is 36.6 Å². The molecular formula is C24H29N3O4. The monoisotopic (exact) mass is 423 g/mol. The molecule has 0 bridgehead atoms. The van der Waals surface area contributed by atoms with E-state index in [1.165, 1.54) is 4.90 Å². The molecule has 1 N–H and O–H groups in total. The van der Waals surface area contributed by atoms with Crippen molar-refractivity contribution in [2.24, 2.45) is 0 Å². The largest absolute Gasteiger partial charge is 0.507 e. The number of pyridine rings is 1. The first kappa shape index (κ1) is 22.5. The first-order valence-electron chi connectivity index (χ1n) is 10.3. The van der Waals surface area contributed by atoms with Crippen molar-refractivity contribution in [2.45, 2.75) is 32.9 Å². The lowest BCUT2D eigenvalue weighted by molar-refractivity contribution is -0.140. The predicted molar refractivity (Wildman–Crippen MR) is 119 cm³/mol. The lowest BCUT2D eigenvalue weighted by atomic mass is 9.95. The van der Waals surface area contributed by atoms with Crippen LogP contribution in [0, 0.1) is 6.92 Å². The van der Waals surface area contributed by atoms with E-state index in [0.717, 1.165) is 5.56 Å². The number of hydrogen-bond donors (Lipinski definition) is 1. The molecule has 1 atom stereocenters. The van der Waals surface area contributed by atoms with Crippen molar-refractivity contribution in [2.75, 3.05) is 27.2 Å². The quantitative estimate of drug-likeness (QED) is 0.418. The highest BCUT2D eigenvalue weighted by molar-refractivity contribution is 6.46. The summed E-state index contributed by atoms with van der Waals surface area (Å²) >= 11 is 0. The molecule has 1 unspecified atom stereocenters. The Morgan fingerprint density at radius 1 is 1.26 bits per heavy atom. The molecule has 7 heteroatoms. The zero-order valence-electron chi connectivity index (χ0n) is 18.6. The van der Waals surface area contributed by atoms with Crippen LogP contribution in [-0.2, 0) is 9.59 Å². The molecule has 31 heavy (non-hydrogen) atoms. The van der Waals surface area contributed by atoms with E-state index in [-0.39, 0.29) is 17.4 Å². The van der Waals surface area contributed by atoms with Gasteiger partial charge in [0.1, 0.15) is 11.5 Å². The SMILES string of the molecule is Cc1cc(/C(O)=C2\C(=O)C(=O)N(CCN(C)C)C2c2cccnc2)ccc1OC(C)C. The highest BCUT2D eigenvalue weighted by atomic mass is 16.5. The third kappa shape index (κ3) is 4.77. The summed E-state index contributed by atoms with van der Waals surface area (Å²) in [6, 6.07) is 8.11. The maximum atomic E-state index is 13.0. The second-order valence-electron chi connectivity index (χ2n) is 8.23. The number of amides is 1. The van der Waals surface area contributed by atoms with Gasteiger partial charge < -0.3 is 19.6 Å². The van der Waals surface area contributed by atoms with Crippen LogP contribution >= 0.6 is 0 Å². The fourth-order valence-corrected chi connectivity index (χ4v) is 3.64. The Kier molecular flexibility index (Phi) is 6.75. The van der Waals surface area contributed by atoms with Gasteiger partial charge in [-0.2, -0.15) is 0 Å². The highest BCUT2D eigenvalue weighted by Gasteiger charge is 2.46. The minimum absolute atomic E-state index is 0.0192. The van der Waals surface area contributed by atoms with Gasteiger partial charge in [-0.3, -0.25) is 14.6 Å². The number of aliphatic hydroxyl groups excluding tert-OH is 1. The Balaban J connectivity index is 2.09. The van der Waals surface area contributed by atoms with E-state index in [1.807, 2.05) is 45.8 Å². The van der Waals surface area contributed by atoms with Gasteiger partial charge in [0, 0.05) is 31.0 Å². The Morgan fingerprint density at radius 3 is 2.58 bits per heavy atom. The van der Waals surface area contributed by atoms with Gasteiger partial charge in [0.25, 0.3) is 11.7 Å². The van der Waals surface area contributed by atoms with Crippen molar-refractivity contribution in [3.05, 3.63) is 65.0 Å². The minimum atomic E-state index is -0.694. The lowest BCUT2D eigenvalue weighted by Gasteiger charge is -2.26. The summed E-state index contributed by atoms with van der Waals surface area (Å²) in [5, 5.41) is 11.1. The molecule has 0 radical (unpaired) electrons. The van der Waals surface area contributed by atoms with E-state index >= 15 is 0 Å². The summed E-state index contributed by atoms with van der Waals surface area (Å²) in [5.41, 5.74) is 2.05. The summed E-state index contributed by atoms with van der Waals surface area (Å²) < 4.78 is 5.77. The van der Waals surface area contributed by atoms with Crippen LogP contribution in [0.2, 0.25) is 0 Å². The highest BCUT2D eigenvalue weighted by Crippen LogP contribution is 2.39. The van der Waals surface area contributed by atoms with Gasteiger partial charge in [0.15, 0.2) is 0 Å². The Labute approximate surface area is 183 Å². The Morgan fingerprint density at radius 2 is 2.00 bits per heavy atom. The summed E-state index contributed by atoms with van der Waals surface area (Å²) in [6.07, 6.45) is 3.27. The predicted octanol–water partition coefficient (Wildman–Crippen LogP) is 3.16. The number of aryl methyl sites for hydroxylation is 1. The van der Waals surface area contributed by atoms with Gasteiger partial charge >= 0.3 is 0 Å². The number of likely N-dealkylation sites (N-methyl/N-ethyl adjacent to an activating group) is 1. The molecule has 1 aliphatic rings. The number of aliphatic hydroxyl groups is 1. The number of carbonyl (C=O) groups excluding carboxylic acids is 2. The van der Waals surface area contributed by atoms with Crippen LogP contribution < -0.4 is 4.74 Å². The standard InChI is InChI=1S/C24H29N3O4/c1-15(2)31-19-9-8-17(13-16(19)3)22(28)20-21(18-7-6-10-25-14-18)27(12-11-26(4)5)24(30)23(20)29/h6-10,13-15,21,28H,11-12H2,1-5H3/b22-20+. The summed E-state index contributed by atoms with van der Waals surface area (Å²) in [4.78, 5) is 33.4. The number of aromatic nitrogens is 1. The third-order valence-corrected chi connectivity index (χ3v) is 5.14. The number of likely N-dealkylation sites (tertiary alicyclic amines) is 1. The molecule has 1 aromatic heterocycles. The molecule has 164 valence electrons. The average molecular weight is 424 g/mol. The molecule has 1 amide bonds. The van der Waals surface area contributed by atoms with Gasteiger partial charge in [0.05, 0.1) is 17.7 Å². The molecular weight excluding hydrogens is 394 g/mol. The normalized spacial score (nSPS) is 18.3. The number of ketones is 1. The number of carbonyl (C=O) groups is 2. The van der Waals surface area contributed by atoms with Gasteiger partial charge in [0.2, 0.25) is 0 Å². The van der Waals surface area contributed by atoms with Crippen molar-refractivity contribution < 1.29 is 19.4 Å². The molecule has 1 saturated heterocycles. The van der Waals surface area contributed by atoms with E-state index in [2.05, 4.69) is 4.98 Å². The van der Waals surface area contributed by atoms with Gasteiger partial charge in [-0.25, -0.2) is 0 Å². The lowest BCUT2D eigenvalue weighted by Crippen LogP contribution is -2.35. The van der Waals surface area contributed by atoms with E-state index in [9.17, 15) is 14.7 Å². The van der Waals surface area contributed by atoms with E-state index in [0.29, 0.717) is 30.0 Å². The average Bonchev–Trinajstić information content (AvgIpc) is 2.98. The number of nitrogens with zero attached hydrogens (tertiary/aromatic N) is 3. The zero-order valence-corrected chi connectivity index (χ0v) is 18.6. The van der Waals surface area contributed by atoms with E-state index in [1.54, 1.807) is 36.7 Å². The Bertz CT molecular complexity index is 999. The second kappa shape index (κ2) is 9.31. The third-order valence-electron chi connectivity index (χ3n) is 5.14. The molecule has 2 heterocycles. The first-order valence-corrected chi connectivity index (χ1v) is 10.3. The molecule has 2 aromatic rings. The van der Waals surface area contributed by atoms with Crippen LogP contribution in [-0.4, -0.2) is 64.9 Å². The number of rotatable bonds is 7. The van der Waals surface area contributed by atoms with Gasteiger partial charge in [-0.1, -0.05) is 6.07 Å². The minimum Gasteiger partial charge on any atom is -0.507 e.